The topological polar surface area (TPSA) is 74.7 Å². The summed E-state index contributed by atoms with van der Waals surface area (Å²) in [6.07, 6.45) is 0.935. The maximum Gasteiger partial charge on any atom is 0.322 e. The highest BCUT2D eigenvalue weighted by Crippen LogP contribution is 2.28. The van der Waals surface area contributed by atoms with Gasteiger partial charge in [-0.2, -0.15) is 4.31 Å². The lowest BCUT2D eigenvalue weighted by Crippen LogP contribution is -2.40. The molecule has 1 aromatic rings. The van der Waals surface area contributed by atoms with E-state index in [1.54, 1.807) is 19.1 Å². The summed E-state index contributed by atoms with van der Waals surface area (Å²) in [6, 6.07) is 3.90. The van der Waals surface area contributed by atoms with Gasteiger partial charge in [0.1, 0.15) is 6.04 Å². The van der Waals surface area contributed by atoms with Crippen LogP contribution < -0.4 is 0 Å². The first kappa shape index (κ1) is 14.5. The zero-order valence-electron chi connectivity index (χ0n) is 10.3. The number of hydrogen-bond acceptors (Lipinski definition) is 3. The number of hydrogen-bond donors (Lipinski definition) is 1. The summed E-state index contributed by atoms with van der Waals surface area (Å²) in [4.78, 5) is 11.2. The largest absolute Gasteiger partial charge is 0.480 e. The Kier molecular flexibility index (Phi) is 3.98. The Bertz CT molecular complexity index is 594. The van der Waals surface area contributed by atoms with Gasteiger partial charge in [-0.1, -0.05) is 15.9 Å². The molecule has 1 fully saturated rings. The molecule has 1 saturated heterocycles. The van der Waals surface area contributed by atoms with Gasteiger partial charge >= 0.3 is 5.97 Å². The highest BCUT2D eigenvalue weighted by atomic mass is 79.9. The quantitative estimate of drug-likeness (QED) is 0.907. The summed E-state index contributed by atoms with van der Waals surface area (Å²) in [5.74, 6) is -1.09. The van der Waals surface area contributed by atoms with Crippen LogP contribution >= 0.6 is 15.9 Å². The van der Waals surface area contributed by atoms with E-state index in [1.165, 1.54) is 6.07 Å². The minimum absolute atomic E-state index is 0.132. The average Bonchev–Trinajstić information content (AvgIpc) is 2.76. The van der Waals surface area contributed by atoms with Gasteiger partial charge in [0.25, 0.3) is 0 Å². The number of carboxylic acids is 1. The van der Waals surface area contributed by atoms with Crippen molar-refractivity contribution < 1.29 is 18.3 Å². The van der Waals surface area contributed by atoms with E-state index in [2.05, 4.69) is 15.9 Å². The molecule has 1 N–H and O–H groups in total. The first-order valence-electron chi connectivity index (χ1n) is 5.84. The van der Waals surface area contributed by atoms with Crippen molar-refractivity contribution in [3.05, 3.63) is 28.2 Å². The van der Waals surface area contributed by atoms with Crippen LogP contribution in [0.1, 0.15) is 18.4 Å². The Morgan fingerprint density at radius 3 is 2.68 bits per heavy atom. The minimum atomic E-state index is -3.76. The molecule has 0 spiro atoms. The van der Waals surface area contributed by atoms with Crippen LogP contribution in [0.4, 0.5) is 0 Å². The molecule has 1 atom stereocenters. The fraction of sp³-hybridized carbons (Fsp3) is 0.417. The van der Waals surface area contributed by atoms with Crippen LogP contribution in [-0.2, 0) is 14.8 Å². The van der Waals surface area contributed by atoms with E-state index in [9.17, 15) is 13.2 Å². The van der Waals surface area contributed by atoms with Crippen molar-refractivity contribution >= 4 is 31.9 Å². The average molecular weight is 348 g/mol. The van der Waals surface area contributed by atoms with Crippen molar-refractivity contribution in [3.63, 3.8) is 0 Å². The molecule has 0 aliphatic carbocycles. The van der Waals surface area contributed by atoms with Crippen molar-refractivity contribution in [3.8, 4) is 0 Å². The van der Waals surface area contributed by atoms with Gasteiger partial charge in [-0.3, -0.25) is 4.79 Å². The number of aliphatic carboxylic acids is 1. The predicted molar refractivity (Wildman–Crippen MR) is 73.4 cm³/mol. The summed E-state index contributed by atoms with van der Waals surface area (Å²) < 4.78 is 26.7. The van der Waals surface area contributed by atoms with E-state index in [1.807, 2.05) is 0 Å². The molecule has 0 amide bonds. The molecule has 1 aliphatic heterocycles. The molecule has 5 nitrogen and oxygen atoms in total. The predicted octanol–water partition coefficient (Wildman–Crippen LogP) is 2.00. The van der Waals surface area contributed by atoms with Gasteiger partial charge in [-0.25, -0.2) is 8.42 Å². The van der Waals surface area contributed by atoms with Gasteiger partial charge in [-0.15, -0.1) is 0 Å². The third-order valence-electron chi connectivity index (χ3n) is 3.11. The van der Waals surface area contributed by atoms with E-state index < -0.39 is 22.0 Å². The molecule has 1 heterocycles. The molecular weight excluding hydrogens is 334 g/mol. The molecule has 0 saturated carbocycles. The van der Waals surface area contributed by atoms with Gasteiger partial charge in [0.05, 0.1) is 4.90 Å². The lowest BCUT2D eigenvalue weighted by molar-refractivity contribution is -0.140. The molecule has 2 rings (SSSR count). The fourth-order valence-corrected chi connectivity index (χ4v) is 4.80. The van der Waals surface area contributed by atoms with Crippen LogP contribution in [0.5, 0.6) is 0 Å². The molecule has 0 bridgehead atoms. The van der Waals surface area contributed by atoms with Gasteiger partial charge in [0.2, 0.25) is 10.0 Å². The summed E-state index contributed by atoms with van der Waals surface area (Å²) in [5, 5.41) is 9.09. The maximum atomic E-state index is 12.5. The van der Waals surface area contributed by atoms with Crippen molar-refractivity contribution in [1.82, 2.24) is 4.31 Å². The summed E-state index contributed by atoms with van der Waals surface area (Å²) in [7, 11) is -3.76. The normalized spacial score (nSPS) is 20.6. The zero-order valence-corrected chi connectivity index (χ0v) is 12.7. The second-order valence-corrected chi connectivity index (χ2v) is 7.38. The van der Waals surface area contributed by atoms with Gasteiger partial charge in [0.15, 0.2) is 0 Å². The van der Waals surface area contributed by atoms with Gasteiger partial charge in [-0.05, 0) is 43.5 Å². The highest BCUT2D eigenvalue weighted by molar-refractivity contribution is 9.10. The fourth-order valence-electron chi connectivity index (χ4n) is 2.26. The SMILES string of the molecule is Cc1cc(Br)cc(S(=O)(=O)N2CCC[C@@H]2C(=O)O)c1. The second kappa shape index (κ2) is 5.22. The van der Waals surface area contributed by atoms with E-state index in [-0.39, 0.29) is 11.4 Å². The van der Waals surface area contributed by atoms with Crippen LogP contribution in [0.25, 0.3) is 0 Å². The molecule has 1 aliphatic rings. The Balaban J connectivity index is 2.44. The minimum Gasteiger partial charge on any atom is -0.480 e. The van der Waals surface area contributed by atoms with Crippen molar-refractivity contribution in [2.45, 2.75) is 30.7 Å². The van der Waals surface area contributed by atoms with Crippen LogP contribution in [0.15, 0.2) is 27.6 Å². The van der Waals surface area contributed by atoms with Crippen LogP contribution in [0.2, 0.25) is 0 Å². The second-order valence-electron chi connectivity index (χ2n) is 4.58. The Morgan fingerprint density at radius 2 is 2.11 bits per heavy atom. The zero-order chi connectivity index (χ0) is 14.2. The van der Waals surface area contributed by atoms with E-state index >= 15 is 0 Å². The number of carbonyl (C=O) groups is 1. The van der Waals surface area contributed by atoms with Gasteiger partial charge in [0, 0.05) is 11.0 Å². The number of aryl methyl sites for hydroxylation is 1. The summed E-state index contributed by atoms with van der Waals surface area (Å²) in [6.45, 7) is 2.05. The van der Waals surface area contributed by atoms with E-state index in [0.717, 1.165) is 9.87 Å². The van der Waals surface area contributed by atoms with Gasteiger partial charge < -0.3 is 5.11 Å². The number of rotatable bonds is 3. The smallest absolute Gasteiger partial charge is 0.322 e. The molecule has 19 heavy (non-hydrogen) atoms. The molecule has 0 aromatic heterocycles. The molecule has 0 radical (unpaired) electrons. The molecule has 7 heteroatoms. The standard InChI is InChI=1S/C12H14BrNO4S/c1-8-5-9(13)7-10(6-8)19(17,18)14-4-2-3-11(14)12(15)16/h5-7,11H,2-4H2,1H3,(H,15,16)/t11-/m1/s1. The van der Waals surface area contributed by atoms with Crippen molar-refractivity contribution in [1.29, 1.82) is 0 Å². The van der Waals surface area contributed by atoms with Crippen LogP contribution in [0.3, 0.4) is 0 Å². The number of sulfonamides is 1. The van der Waals surface area contributed by atoms with Crippen LogP contribution in [-0.4, -0.2) is 36.4 Å². The Labute approximate surface area is 120 Å². The van der Waals surface area contributed by atoms with Crippen molar-refractivity contribution in [2.75, 3.05) is 6.54 Å². The molecule has 104 valence electrons. The number of benzene rings is 1. The number of nitrogens with zero attached hydrogens (tertiary/aromatic N) is 1. The third-order valence-corrected chi connectivity index (χ3v) is 5.45. The number of halogens is 1. The Morgan fingerprint density at radius 1 is 1.42 bits per heavy atom. The van der Waals surface area contributed by atoms with E-state index in [4.69, 9.17) is 5.11 Å². The summed E-state index contributed by atoms with van der Waals surface area (Å²) in [5.41, 5.74) is 0.805. The molecule has 0 unspecified atom stereocenters. The lowest BCUT2D eigenvalue weighted by atomic mass is 10.2. The Hall–Kier alpha value is -0.920. The first-order chi connectivity index (χ1) is 8.82. The molecule has 1 aromatic carbocycles. The highest BCUT2D eigenvalue weighted by Gasteiger charge is 2.39. The summed E-state index contributed by atoms with van der Waals surface area (Å²) >= 11 is 3.26. The van der Waals surface area contributed by atoms with Crippen LogP contribution in [0, 0.1) is 6.92 Å². The maximum absolute atomic E-state index is 12.5. The van der Waals surface area contributed by atoms with Crippen molar-refractivity contribution in [2.24, 2.45) is 0 Å². The lowest BCUT2D eigenvalue weighted by Gasteiger charge is -2.21. The first-order valence-corrected chi connectivity index (χ1v) is 8.07. The third kappa shape index (κ3) is 2.82. The monoisotopic (exact) mass is 347 g/mol. The molecular formula is C12H14BrNO4S. The number of carboxylic acid groups (broad SMARTS) is 1. The van der Waals surface area contributed by atoms with E-state index in [0.29, 0.717) is 17.3 Å².